The molecule has 8 aromatic rings. The van der Waals surface area contributed by atoms with Gasteiger partial charge in [0.25, 0.3) is 0 Å². The van der Waals surface area contributed by atoms with Crippen LogP contribution in [0.15, 0.2) is 144 Å². The van der Waals surface area contributed by atoms with Crippen molar-refractivity contribution in [3.63, 3.8) is 0 Å². The lowest BCUT2D eigenvalue weighted by molar-refractivity contribution is 0.623. The van der Waals surface area contributed by atoms with Crippen LogP contribution in [-0.4, -0.2) is 15.0 Å². The zero-order valence-corrected chi connectivity index (χ0v) is 22.0. The number of aromatic nitrogens is 3. The fourth-order valence-electron chi connectivity index (χ4n) is 5.45. The van der Waals surface area contributed by atoms with Crippen molar-refractivity contribution in [3.8, 4) is 45.4 Å². The van der Waals surface area contributed by atoms with Gasteiger partial charge in [-0.3, -0.25) is 0 Å². The molecule has 2 aromatic heterocycles. The second-order valence-electron chi connectivity index (χ2n) is 10.1. The number of nitrogens with zero attached hydrogens (tertiary/aromatic N) is 3. The van der Waals surface area contributed by atoms with E-state index in [1.165, 1.54) is 0 Å². The number of rotatable bonds is 4. The highest BCUT2D eigenvalue weighted by molar-refractivity contribution is 6.18. The Morgan fingerprint density at radius 1 is 0.452 bits per heavy atom. The first kappa shape index (κ1) is 25.4. The molecule has 0 aliphatic heterocycles. The summed E-state index contributed by atoms with van der Waals surface area (Å²) >= 11 is 0. The summed E-state index contributed by atoms with van der Waals surface area (Å²) in [6, 6.07) is 47.5. The van der Waals surface area contributed by atoms with Gasteiger partial charge in [-0.25, -0.2) is 15.0 Å². The Kier molecular flexibility index (Phi) is 6.29. The highest BCUT2D eigenvalue weighted by Crippen LogP contribution is 2.37. The average Bonchev–Trinajstić information content (AvgIpc) is 3.50. The van der Waals surface area contributed by atoms with Crippen molar-refractivity contribution in [3.05, 3.63) is 140 Å². The van der Waals surface area contributed by atoms with Crippen molar-refractivity contribution in [2.24, 2.45) is 0 Å². The average molecular weight is 542 g/mol. The van der Waals surface area contributed by atoms with Crippen molar-refractivity contribution in [2.75, 3.05) is 0 Å². The molecular weight excluding hydrogens is 514 g/mol. The molecule has 0 aliphatic rings. The summed E-state index contributed by atoms with van der Waals surface area (Å²) < 4.78 is 6.43. The summed E-state index contributed by atoms with van der Waals surface area (Å²) in [6.07, 6.45) is 0. The molecule has 0 fully saturated rings. The number of fused-ring (bicyclic) bond motifs is 5. The lowest BCUT2D eigenvalue weighted by Gasteiger charge is -2.11. The third-order valence-electron chi connectivity index (χ3n) is 7.50. The van der Waals surface area contributed by atoms with E-state index >= 15 is 0 Å². The lowest BCUT2D eigenvalue weighted by Crippen LogP contribution is -1.96. The number of oxazole rings is 1. The third-order valence-corrected chi connectivity index (χ3v) is 7.50. The van der Waals surface area contributed by atoms with Crippen LogP contribution in [0.1, 0.15) is 7.43 Å². The van der Waals surface area contributed by atoms with Gasteiger partial charge in [-0.05, 0) is 46.5 Å². The van der Waals surface area contributed by atoms with E-state index in [0.29, 0.717) is 11.7 Å². The molecule has 0 saturated carbocycles. The Morgan fingerprint density at radius 3 is 1.64 bits per heavy atom. The minimum atomic E-state index is 0. The summed E-state index contributed by atoms with van der Waals surface area (Å²) in [5.74, 6) is 1.30. The predicted octanol–water partition coefficient (Wildman–Crippen LogP) is 10.2. The minimum absolute atomic E-state index is 0. The van der Waals surface area contributed by atoms with Crippen molar-refractivity contribution in [2.45, 2.75) is 7.43 Å². The summed E-state index contributed by atoms with van der Waals surface area (Å²) in [5, 5.41) is 4.34. The summed E-state index contributed by atoms with van der Waals surface area (Å²) in [6.45, 7) is 0. The standard InChI is InChI=1S/C37H23N3O.CH4/c1-4-10-25(11-5-1)32-23-33(26-12-6-2-7-13-26)39-36(38-32)29-19-17-24-16-18-27-20-21-31-35(34(27)30(24)22-29)41-37(40-31)28-14-8-3-9-15-28;/h1-23H;1H4. The van der Waals surface area contributed by atoms with Gasteiger partial charge in [0.15, 0.2) is 11.4 Å². The molecule has 42 heavy (non-hydrogen) atoms. The van der Waals surface area contributed by atoms with E-state index in [1.54, 1.807) is 0 Å². The van der Waals surface area contributed by atoms with Crippen LogP contribution in [0, 0.1) is 0 Å². The molecule has 0 radical (unpaired) electrons. The van der Waals surface area contributed by atoms with Crippen molar-refractivity contribution >= 4 is 32.6 Å². The van der Waals surface area contributed by atoms with E-state index in [1.807, 2.05) is 72.8 Å². The number of hydrogen-bond donors (Lipinski definition) is 0. The quantitative estimate of drug-likeness (QED) is 0.208. The van der Waals surface area contributed by atoms with E-state index in [4.69, 9.17) is 19.4 Å². The fraction of sp³-hybridized carbons (Fsp3) is 0.0263. The second kappa shape index (κ2) is 10.4. The predicted molar refractivity (Wildman–Crippen MR) is 173 cm³/mol. The fourth-order valence-corrected chi connectivity index (χ4v) is 5.45. The first-order valence-electron chi connectivity index (χ1n) is 13.6. The van der Waals surface area contributed by atoms with E-state index in [2.05, 4.69) is 66.7 Å². The molecule has 0 aliphatic carbocycles. The number of benzene rings is 6. The van der Waals surface area contributed by atoms with Crippen LogP contribution in [0.25, 0.3) is 78.0 Å². The smallest absolute Gasteiger partial charge is 0.227 e. The monoisotopic (exact) mass is 541 g/mol. The Hall–Kier alpha value is -5.61. The molecule has 8 rings (SSSR count). The SMILES string of the molecule is C.c1ccc(-c2cc(-c3ccccc3)nc(-c3ccc4ccc5ccc6nc(-c7ccccc7)oc6c5c4c3)n2)cc1. The number of hydrogen-bond acceptors (Lipinski definition) is 4. The van der Waals surface area contributed by atoms with E-state index in [9.17, 15) is 0 Å². The maximum absolute atomic E-state index is 6.43. The van der Waals surface area contributed by atoms with E-state index in [-0.39, 0.29) is 7.43 Å². The normalized spacial score (nSPS) is 11.1. The van der Waals surface area contributed by atoms with Crippen LogP contribution < -0.4 is 0 Å². The zero-order chi connectivity index (χ0) is 27.2. The van der Waals surface area contributed by atoms with Gasteiger partial charge in [-0.2, -0.15) is 0 Å². The van der Waals surface area contributed by atoms with Gasteiger partial charge in [0, 0.05) is 27.6 Å². The van der Waals surface area contributed by atoms with Gasteiger partial charge < -0.3 is 4.42 Å². The summed E-state index contributed by atoms with van der Waals surface area (Å²) in [4.78, 5) is 14.9. The minimum Gasteiger partial charge on any atom is -0.435 e. The van der Waals surface area contributed by atoms with Gasteiger partial charge in [0.1, 0.15) is 5.52 Å². The maximum atomic E-state index is 6.43. The molecule has 0 amide bonds. The Balaban J connectivity index is 0.00000288. The van der Waals surface area contributed by atoms with Crippen LogP contribution in [0.2, 0.25) is 0 Å². The Bertz CT molecular complexity index is 2130. The van der Waals surface area contributed by atoms with Crippen LogP contribution in [0.3, 0.4) is 0 Å². The largest absolute Gasteiger partial charge is 0.435 e. The zero-order valence-electron chi connectivity index (χ0n) is 22.0. The molecule has 4 nitrogen and oxygen atoms in total. The lowest BCUT2D eigenvalue weighted by atomic mass is 9.98. The summed E-state index contributed by atoms with van der Waals surface area (Å²) in [5.41, 5.74) is 7.40. The molecule has 0 spiro atoms. The molecule has 6 aromatic carbocycles. The first-order valence-corrected chi connectivity index (χ1v) is 13.6. The molecule has 2 heterocycles. The summed E-state index contributed by atoms with van der Waals surface area (Å²) in [7, 11) is 0. The highest BCUT2D eigenvalue weighted by atomic mass is 16.3. The molecule has 0 saturated heterocycles. The van der Waals surface area contributed by atoms with Crippen LogP contribution in [0.4, 0.5) is 0 Å². The molecule has 0 N–H and O–H groups in total. The van der Waals surface area contributed by atoms with Gasteiger partial charge in [-0.1, -0.05) is 117 Å². The molecule has 0 unspecified atom stereocenters. The third kappa shape index (κ3) is 4.40. The Labute approximate surface area is 244 Å². The van der Waals surface area contributed by atoms with Crippen molar-refractivity contribution < 1.29 is 4.42 Å². The first-order chi connectivity index (χ1) is 20.3. The van der Waals surface area contributed by atoms with Gasteiger partial charge in [0.2, 0.25) is 5.89 Å². The van der Waals surface area contributed by atoms with Gasteiger partial charge in [-0.15, -0.1) is 0 Å². The van der Waals surface area contributed by atoms with Crippen molar-refractivity contribution in [1.82, 2.24) is 15.0 Å². The molecule has 0 atom stereocenters. The van der Waals surface area contributed by atoms with Gasteiger partial charge in [0.05, 0.1) is 11.4 Å². The van der Waals surface area contributed by atoms with Crippen molar-refractivity contribution in [1.29, 1.82) is 0 Å². The van der Waals surface area contributed by atoms with Gasteiger partial charge >= 0.3 is 0 Å². The topological polar surface area (TPSA) is 51.8 Å². The van der Waals surface area contributed by atoms with Crippen LogP contribution in [0.5, 0.6) is 0 Å². The maximum Gasteiger partial charge on any atom is 0.227 e. The molecular formula is C38H27N3O. The highest BCUT2D eigenvalue weighted by Gasteiger charge is 2.15. The second-order valence-corrected chi connectivity index (χ2v) is 10.1. The Morgan fingerprint density at radius 2 is 1.00 bits per heavy atom. The van der Waals surface area contributed by atoms with E-state index < -0.39 is 0 Å². The van der Waals surface area contributed by atoms with Crippen LogP contribution in [-0.2, 0) is 0 Å². The molecule has 200 valence electrons. The van der Waals surface area contributed by atoms with Crippen LogP contribution >= 0.6 is 0 Å². The van der Waals surface area contributed by atoms with E-state index in [0.717, 1.165) is 66.3 Å². The molecule has 4 heteroatoms. The molecule has 0 bridgehead atoms.